The van der Waals surface area contributed by atoms with Crippen molar-refractivity contribution in [3.05, 3.63) is 50.8 Å². The lowest BCUT2D eigenvalue weighted by Gasteiger charge is -2.09. The largest absolute Gasteiger partial charge is 0.496 e. The number of aromatic amines is 1. The number of aromatic nitrogens is 1. The third kappa shape index (κ3) is 2.77. The summed E-state index contributed by atoms with van der Waals surface area (Å²) < 4.78 is 6.01. The van der Waals surface area contributed by atoms with Crippen LogP contribution in [0.25, 0.3) is 0 Å². The number of ether oxygens (including phenoxy) is 1. The van der Waals surface area contributed by atoms with Crippen LogP contribution in [0.15, 0.2) is 22.7 Å². The molecule has 0 saturated heterocycles. The predicted octanol–water partition coefficient (Wildman–Crippen LogP) is 2.24. The molecule has 0 spiro atoms. The van der Waals surface area contributed by atoms with Crippen molar-refractivity contribution in [1.82, 2.24) is 10.4 Å². The first-order chi connectivity index (χ1) is 10.4. The average Bonchev–Trinajstić information content (AvgIpc) is 2.80. The molecule has 22 heavy (non-hydrogen) atoms. The lowest BCUT2D eigenvalue weighted by molar-refractivity contribution is 0.0948. The van der Waals surface area contributed by atoms with E-state index in [9.17, 15) is 9.59 Å². The van der Waals surface area contributed by atoms with Crippen molar-refractivity contribution in [2.75, 3.05) is 7.11 Å². The minimum absolute atomic E-state index is 0.222. The van der Waals surface area contributed by atoms with Crippen molar-refractivity contribution in [1.29, 1.82) is 0 Å². The zero-order valence-corrected chi connectivity index (χ0v) is 14.0. The molecule has 2 rings (SSSR count). The van der Waals surface area contributed by atoms with Crippen LogP contribution in [0.2, 0.25) is 0 Å². The fourth-order valence-electron chi connectivity index (χ4n) is 2.38. The summed E-state index contributed by atoms with van der Waals surface area (Å²) in [5.74, 6) is 4.93. The maximum Gasteiger partial charge on any atom is 0.281 e. The Morgan fingerprint density at radius 2 is 2.00 bits per heavy atom. The molecule has 1 heterocycles. The highest BCUT2D eigenvalue weighted by Gasteiger charge is 2.24. The van der Waals surface area contributed by atoms with Gasteiger partial charge in [-0.15, -0.1) is 0 Å². The lowest BCUT2D eigenvalue weighted by Crippen LogP contribution is -2.30. The number of methoxy groups -OCH3 is 1. The van der Waals surface area contributed by atoms with Crippen molar-refractivity contribution in [3.63, 3.8) is 0 Å². The molecule has 0 bridgehead atoms. The van der Waals surface area contributed by atoms with E-state index in [1.165, 1.54) is 7.11 Å². The van der Waals surface area contributed by atoms with E-state index < -0.39 is 5.91 Å². The third-order valence-corrected chi connectivity index (χ3v) is 3.92. The first-order valence-corrected chi connectivity index (χ1v) is 7.28. The second-order valence-electron chi connectivity index (χ2n) is 4.77. The van der Waals surface area contributed by atoms with Gasteiger partial charge in [-0.05, 0) is 37.6 Å². The zero-order valence-electron chi connectivity index (χ0n) is 12.4. The van der Waals surface area contributed by atoms with Gasteiger partial charge in [-0.3, -0.25) is 15.0 Å². The topological polar surface area (TPSA) is 97.2 Å². The van der Waals surface area contributed by atoms with Crippen LogP contribution in [-0.2, 0) is 0 Å². The smallest absolute Gasteiger partial charge is 0.281 e. The molecule has 0 fully saturated rings. The van der Waals surface area contributed by atoms with Gasteiger partial charge in [-0.25, -0.2) is 5.84 Å². The Hall–Kier alpha value is -2.12. The molecule has 6 nitrogen and oxygen atoms in total. The normalized spacial score (nSPS) is 10.4. The summed E-state index contributed by atoms with van der Waals surface area (Å²) in [5, 5.41) is 0. The van der Waals surface area contributed by atoms with Crippen molar-refractivity contribution in [2.24, 2.45) is 5.84 Å². The van der Waals surface area contributed by atoms with Crippen LogP contribution in [0, 0.1) is 13.8 Å². The number of nitrogen functional groups attached to an aromatic ring is 1. The zero-order chi connectivity index (χ0) is 16.4. The van der Waals surface area contributed by atoms with Gasteiger partial charge in [-0.2, -0.15) is 0 Å². The number of hydrogen-bond donors (Lipinski definition) is 3. The van der Waals surface area contributed by atoms with Crippen molar-refractivity contribution in [2.45, 2.75) is 13.8 Å². The van der Waals surface area contributed by atoms with Gasteiger partial charge in [-0.1, -0.05) is 15.9 Å². The predicted molar refractivity (Wildman–Crippen MR) is 86.0 cm³/mol. The summed E-state index contributed by atoms with van der Waals surface area (Å²) in [7, 11) is 1.50. The van der Waals surface area contributed by atoms with Crippen molar-refractivity contribution >= 4 is 27.6 Å². The molecule has 1 amide bonds. The molecule has 0 aliphatic rings. The molecule has 0 saturated carbocycles. The molecule has 0 aliphatic heterocycles. The summed E-state index contributed by atoms with van der Waals surface area (Å²) >= 11 is 3.35. The van der Waals surface area contributed by atoms with Crippen molar-refractivity contribution in [3.8, 4) is 5.75 Å². The lowest BCUT2D eigenvalue weighted by atomic mass is 9.99. The maximum absolute atomic E-state index is 12.9. The molecule has 0 radical (unpaired) electrons. The van der Waals surface area contributed by atoms with Crippen LogP contribution >= 0.6 is 15.9 Å². The first-order valence-electron chi connectivity index (χ1n) is 6.49. The van der Waals surface area contributed by atoms with Gasteiger partial charge in [0.05, 0.1) is 12.7 Å². The van der Waals surface area contributed by atoms with Gasteiger partial charge in [0.25, 0.3) is 5.91 Å². The highest BCUT2D eigenvalue weighted by atomic mass is 79.9. The van der Waals surface area contributed by atoms with Gasteiger partial charge >= 0.3 is 0 Å². The molecule has 7 heteroatoms. The Balaban J connectivity index is 2.58. The van der Waals surface area contributed by atoms with Crippen LogP contribution in [-0.4, -0.2) is 23.8 Å². The average molecular weight is 366 g/mol. The molecule has 1 aromatic carbocycles. The Morgan fingerprint density at radius 3 is 2.59 bits per heavy atom. The molecule has 0 aliphatic carbocycles. The summed E-state index contributed by atoms with van der Waals surface area (Å²) in [4.78, 5) is 27.5. The Morgan fingerprint density at radius 1 is 1.32 bits per heavy atom. The van der Waals surface area contributed by atoms with Gasteiger partial charge in [0.2, 0.25) is 0 Å². The van der Waals surface area contributed by atoms with Gasteiger partial charge in [0.1, 0.15) is 11.4 Å². The molecule has 4 N–H and O–H groups in total. The number of aryl methyl sites for hydroxylation is 1. The number of carbonyl (C=O) groups excluding carboxylic acids is 2. The summed E-state index contributed by atoms with van der Waals surface area (Å²) in [5.41, 5.74) is 4.34. The highest BCUT2D eigenvalue weighted by molar-refractivity contribution is 9.10. The van der Waals surface area contributed by atoms with Gasteiger partial charge in [0.15, 0.2) is 5.78 Å². The number of benzene rings is 1. The number of carbonyl (C=O) groups is 2. The van der Waals surface area contributed by atoms with Crippen molar-refractivity contribution < 1.29 is 14.3 Å². The quantitative estimate of drug-likeness (QED) is 0.335. The monoisotopic (exact) mass is 365 g/mol. The molecular formula is C15H16BrN3O3. The molecule has 0 unspecified atom stereocenters. The first kappa shape index (κ1) is 16.3. The van der Waals surface area contributed by atoms with E-state index in [4.69, 9.17) is 10.6 Å². The van der Waals surface area contributed by atoms with Gasteiger partial charge < -0.3 is 9.72 Å². The number of rotatable bonds is 4. The molecule has 1 aromatic heterocycles. The van der Waals surface area contributed by atoms with E-state index in [1.54, 1.807) is 32.0 Å². The molecular weight excluding hydrogens is 350 g/mol. The summed E-state index contributed by atoms with van der Waals surface area (Å²) in [6, 6.07) is 5.19. The standard InChI is InChI=1S/C15H16BrN3O3/c1-7-12(8(2)18-13(7)15(21)19-17)14(20)10-6-9(16)4-5-11(10)22-3/h4-6,18H,17H2,1-3H3,(H,19,21). The van der Waals surface area contributed by atoms with E-state index in [0.717, 1.165) is 4.47 Å². The van der Waals surface area contributed by atoms with E-state index in [-0.39, 0.29) is 11.5 Å². The Kier molecular flexibility index (Phi) is 4.68. The summed E-state index contributed by atoms with van der Waals surface area (Å²) in [6.07, 6.45) is 0. The fraction of sp³-hybridized carbons (Fsp3) is 0.200. The van der Waals surface area contributed by atoms with E-state index in [0.29, 0.717) is 28.1 Å². The SMILES string of the molecule is COc1ccc(Br)cc1C(=O)c1c(C)[nH]c(C(=O)NN)c1C. The van der Waals surface area contributed by atoms with Crippen LogP contribution in [0.1, 0.15) is 37.7 Å². The number of nitrogens with one attached hydrogen (secondary N) is 2. The number of hydrazine groups is 1. The van der Waals surface area contributed by atoms with Crippen LogP contribution in [0.3, 0.4) is 0 Å². The number of amides is 1. The van der Waals surface area contributed by atoms with E-state index >= 15 is 0 Å². The Bertz CT molecular complexity index is 753. The van der Waals surface area contributed by atoms with Gasteiger partial charge in [0, 0.05) is 15.7 Å². The van der Waals surface area contributed by atoms with Crippen LogP contribution in [0.5, 0.6) is 5.75 Å². The molecule has 116 valence electrons. The maximum atomic E-state index is 12.9. The molecule has 2 aromatic rings. The summed E-state index contributed by atoms with van der Waals surface area (Å²) in [6.45, 7) is 3.43. The number of ketones is 1. The Labute approximate surface area is 136 Å². The van der Waals surface area contributed by atoms with Crippen LogP contribution < -0.4 is 16.0 Å². The number of nitrogens with two attached hydrogens (primary N) is 1. The highest BCUT2D eigenvalue weighted by Crippen LogP contribution is 2.28. The number of H-pyrrole nitrogens is 1. The van der Waals surface area contributed by atoms with E-state index in [2.05, 4.69) is 26.3 Å². The minimum atomic E-state index is -0.471. The second kappa shape index (κ2) is 6.33. The van der Waals surface area contributed by atoms with Crippen LogP contribution in [0.4, 0.5) is 0 Å². The fourth-order valence-corrected chi connectivity index (χ4v) is 2.74. The second-order valence-corrected chi connectivity index (χ2v) is 5.69. The number of hydrogen-bond acceptors (Lipinski definition) is 4. The third-order valence-electron chi connectivity index (χ3n) is 3.43. The van der Waals surface area contributed by atoms with E-state index in [1.807, 2.05) is 0 Å². The molecule has 0 atom stereocenters. The number of halogens is 1. The minimum Gasteiger partial charge on any atom is -0.496 e.